The summed E-state index contributed by atoms with van der Waals surface area (Å²) in [6.07, 6.45) is 13.0. The standard InChI is InChI=1S/C19H23N5O2/c1-23-10-8-16(9-11-23)26-13-15-12-17(25)24-19(20-15)21-18(22-24)14-6-4-2-3-5-7-14/h2-6,12,16H,7-11,13H2,1H3,(H,20,21,22). The zero-order chi connectivity index (χ0) is 17.9. The molecule has 0 radical (unpaired) electrons. The van der Waals surface area contributed by atoms with Crippen LogP contribution >= 0.6 is 0 Å². The first-order valence-electron chi connectivity index (χ1n) is 9.00. The Bertz CT molecular complexity index is 929. The molecule has 1 aliphatic carbocycles. The zero-order valence-corrected chi connectivity index (χ0v) is 14.9. The van der Waals surface area contributed by atoms with Gasteiger partial charge in [-0.1, -0.05) is 30.4 Å². The maximum Gasteiger partial charge on any atom is 0.274 e. The van der Waals surface area contributed by atoms with E-state index < -0.39 is 0 Å². The van der Waals surface area contributed by atoms with E-state index in [0.29, 0.717) is 23.9 Å². The molecule has 2 aromatic heterocycles. The molecule has 0 saturated carbocycles. The van der Waals surface area contributed by atoms with Gasteiger partial charge in [-0.3, -0.25) is 9.89 Å². The number of hydrogen-bond donors (Lipinski definition) is 1. The van der Waals surface area contributed by atoms with Crippen molar-refractivity contribution in [1.29, 1.82) is 0 Å². The lowest BCUT2D eigenvalue weighted by atomic mass is 10.1. The van der Waals surface area contributed by atoms with Crippen LogP contribution in [0.4, 0.5) is 0 Å². The van der Waals surface area contributed by atoms with Crippen molar-refractivity contribution in [2.45, 2.75) is 32.0 Å². The first kappa shape index (κ1) is 16.9. The highest BCUT2D eigenvalue weighted by Crippen LogP contribution is 2.18. The molecule has 0 atom stereocenters. The summed E-state index contributed by atoms with van der Waals surface area (Å²) in [7, 11) is 2.12. The molecule has 0 aromatic carbocycles. The average molecular weight is 353 g/mol. The summed E-state index contributed by atoms with van der Waals surface area (Å²) in [5, 5.41) is 3.05. The summed E-state index contributed by atoms with van der Waals surface area (Å²) in [5.41, 5.74) is 1.47. The van der Waals surface area contributed by atoms with Crippen LogP contribution in [0.3, 0.4) is 0 Å². The van der Waals surface area contributed by atoms with Gasteiger partial charge in [0.2, 0.25) is 0 Å². The number of nitrogens with zero attached hydrogens (tertiary/aromatic N) is 4. The van der Waals surface area contributed by atoms with Gasteiger partial charge < -0.3 is 9.64 Å². The van der Waals surface area contributed by atoms with E-state index in [2.05, 4.69) is 33.1 Å². The summed E-state index contributed by atoms with van der Waals surface area (Å²) in [5.74, 6) is 1.05. The van der Waals surface area contributed by atoms with Crippen LogP contribution < -0.4 is 5.56 Å². The highest BCUT2D eigenvalue weighted by molar-refractivity contribution is 5.64. The first-order chi connectivity index (χ1) is 12.7. The van der Waals surface area contributed by atoms with Crippen molar-refractivity contribution in [3.8, 4) is 0 Å². The maximum atomic E-state index is 12.4. The zero-order valence-electron chi connectivity index (χ0n) is 14.9. The molecule has 136 valence electrons. The van der Waals surface area contributed by atoms with Crippen LogP contribution in [-0.4, -0.2) is 50.7 Å². The van der Waals surface area contributed by atoms with E-state index in [-0.39, 0.29) is 11.7 Å². The second kappa shape index (κ2) is 7.39. The Kier molecular flexibility index (Phi) is 4.81. The van der Waals surface area contributed by atoms with Crippen LogP contribution in [-0.2, 0) is 11.3 Å². The molecule has 1 aliphatic heterocycles. The summed E-state index contributed by atoms with van der Waals surface area (Å²) in [4.78, 5) is 23.7. The minimum atomic E-state index is -0.170. The second-order valence-corrected chi connectivity index (χ2v) is 6.82. The molecular weight excluding hydrogens is 330 g/mol. The number of allylic oxidation sites excluding steroid dienone is 6. The fraction of sp³-hybridized carbons (Fsp3) is 0.421. The number of aromatic nitrogens is 4. The van der Waals surface area contributed by atoms with E-state index in [4.69, 9.17) is 4.74 Å². The van der Waals surface area contributed by atoms with Crippen molar-refractivity contribution in [2.24, 2.45) is 0 Å². The van der Waals surface area contributed by atoms with Gasteiger partial charge in [0.1, 0.15) is 0 Å². The molecule has 0 unspecified atom stereocenters. The molecule has 0 amide bonds. The van der Waals surface area contributed by atoms with Gasteiger partial charge in [-0.05, 0) is 26.3 Å². The van der Waals surface area contributed by atoms with Crippen LogP contribution in [0.25, 0.3) is 11.4 Å². The van der Waals surface area contributed by atoms with Gasteiger partial charge in [-0.15, -0.1) is 0 Å². The Morgan fingerprint density at radius 3 is 2.92 bits per heavy atom. The molecule has 7 heteroatoms. The molecule has 0 bridgehead atoms. The van der Waals surface area contributed by atoms with Crippen LogP contribution in [0, 0.1) is 0 Å². The van der Waals surface area contributed by atoms with E-state index in [1.807, 2.05) is 24.3 Å². The van der Waals surface area contributed by atoms with E-state index in [1.54, 1.807) is 0 Å². The molecule has 1 N–H and O–H groups in total. The van der Waals surface area contributed by atoms with Gasteiger partial charge in [-0.25, -0.2) is 4.98 Å². The largest absolute Gasteiger partial charge is 0.372 e. The Morgan fingerprint density at radius 2 is 2.08 bits per heavy atom. The van der Waals surface area contributed by atoms with E-state index >= 15 is 0 Å². The van der Waals surface area contributed by atoms with Crippen molar-refractivity contribution in [3.63, 3.8) is 0 Å². The molecule has 26 heavy (non-hydrogen) atoms. The topological polar surface area (TPSA) is 75.5 Å². The molecule has 0 spiro atoms. The fourth-order valence-corrected chi connectivity index (χ4v) is 3.25. The number of fused-ring (bicyclic) bond motifs is 1. The Hall–Kier alpha value is -2.51. The molecular formula is C19H23N5O2. The van der Waals surface area contributed by atoms with Gasteiger partial charge in [0.15, 0.2) is 5.82 Å². The Balaban J connectivity index is 1.52. The minimum Gasteiger partial charge on any atom is -0.372 e. The maximum absolute atomic E-state index is 12.4. The van der Waals surface area contributed by atoms with E-state index in [9.17, 15) is 4.79 Å². The number of ether oxygens (including phenoxy) is 1. The SMILES string of the molecule is CN1CCC(OCc2cc(=O)n3[nH]c(C4=CC=CC=CC4)nc3n2)CC1. The van der Waals surface area contributed by atoms with Gasteiger partial charge in [0.25, 0.3) is 11.3 Å². The van der Waals surface area contributed by atoms with Crippen molar-refractivity contribution in [2.75, 3.05) is 20.1 Å². The summed E-state index contributed by atoms with van der Waals surface area (Å²) >= 11 is 0. The lowest BCUT2D eigenvalue weighted by Crippen LogP contribution is -2.34. The third kappa shape index (κ3) is 3.68. The van der Waals surface area contributed by atoms with Crippen molar-refractivity contribution < 1.29 is 4.74 Å². The number of aromatic amines is 1. The highest BCUT2D eigenvalue weighted by atomic mass is 16.5. The van der Waals surface area contributed by atoms with Crippen LogP contribution in [0.1, 0.15) is 30.8 Å². The Labute approximate surface area is 151 Å². The van der Waals surface area contributed by atoms with Crippen LogP contribution in [0.5, 0.6) is 0 Å². The average Bonchev–Trinajstić information content (AvgIpc) is 2.88. The summed E-state index contributed by atoms with van der Waals surface area (Å²) in [6.45, 7) is 2.43. The molecule has 4 rings (SSSR count). The predicted molar refractivity (Wildman–Crippen MR) is 99.8 cm³/mol. The summed E-state index contributed by atoms with van der Waals surface area (Å²) < 4.78 is 7.34. The van der Waals surface area contributed by atoms with Crippen molar-refractivity contribution in [3.05, 3.63) is 58.3 Å². The van der Waals surface area contributed by atoms with E-state index in [0.717, 1.165) is 37.9 Å². The first-order valence-corrected chi connectivity index (χ1v) is 9.00. The third-order valence-electron chi connectivity index (χ3n) is 4.81. The van der Waals surface area contributed by atoms with Crippen LogP contribution in [0.2, 0.25) is 0 Å². The Morgan fingerprint density at radius 1 is 1.23 bits per heavy atom. The number of likely N-dealkylation sites (tertiary alicyclic amines) is 1. The van der Waals surface area contributed by atoms with Crippen molar-refractivity contribution in [1.82, 2.24) is 24.5 Å². The molecule has 2 aliphatic rings. The third-order valence-corrected chi connectivity index (χ3v) is 4.81. The molecule has 1 saturated heterocycles. The number of rotatable bonds is 4. The monoisotopic (exact) mass is 353 g/mol. The smallest absolute Gasteiger partial charge is 0.274 e. The minimum absolute atomic E-state index is 0.170. The molecule has 7 nitrogen and oxygen atoms in total. The molecule has 3 heterocycles. The van der Waals surface area contributed by atoms with Gasteiger partial charge in [0.05, 0.1) is 18.4 Å². The summed E-state index contributed by atoms with van der Waals surface area (Å²) in [6, 6.07) is 1.52. The fourth-order valence-electron chi connectivity index (χ4n) is 3.25. The lowest BCUT2D eigenvalue weighted by molar-refractivity contribution is 0.000747. The lowest BCUT2D eigenvalue weighted by Gasteiger charge is -2.28. The predicted octanol–water partition coefficient (Wildman–Crippen LogP) is 1.93. The number of hydrogen-bond acceptors (Lipinski definition) is 5. The normalized spacial score (nSPS) is 19.0. The second-order valence-electron chi connectivity index (χ2n) is 6.82. The quantitative estimate of drug-likeness (QED) is 0.909. The number of piperidine rings is 1. The van der Waals surface area contributed by atoms with Crippen molar-refractivity contribution >= 4 is 11.4 Å². The highest BCUT2D eigenvalue weighted by Gasteiger charge is 2.18. The van der Waals surface area contributed by atoms with Gasteiger partial charge in [-0.2, -0.15) is 9.50 Å². The molecule has 2 aromatic rings. The van der Waals surface area contributed by atoms with Gasteiger partial charge in [0, 0.05) is 24.7 Å². The number of nitrogens with one attached hydrogen (secondary N) is 1. The number of H-pyrrole nitrogens is 1. The van der Waals surface area contributed by atoms with Crippen LogP contribution in [0.15, 0.2) is 41.2 Å². The van der Waals surface area contributed by atoms with E-state index in [1.165, 1.54) is 10.6 Å². The molecule has 1 fully saturated rings. The van der Waals surface area contributed by atoms with Gasteiger partial charge >= 0.3 is 0 Å².